The Kier molecular flexibility index (Phi) is 7.01. The van der Waals surface area contributed by atoms with E-state index in [4.69, 9.17) is 4.74 Å². The van der Waals surface area contributed by atoms with Crippen molar-refractivity contribution in [3.63, 3.8) is 0 Å². The molecule has 156 valence electrons. The number of halogens is 2. The summed E-state index contributed by atoms with van der Waals surface area (Å²) in [6.07, 6.45) is 0.731. The van der Waals surface area contributed by atoms with Crippen LogP contribution in [0.2, 0.25) is 0 Å². The Morgan fingerprint density at radius 2 is 2.07 bits per heavy atom. The predicted octanol–water partition coefficient (Wildman–Crippen LogP) is 2.53. The number of hydrogen-bond acceptors (Lipinski definition) is 4. The maximum atomic E-state index is 13.7. The van der Waals surface area contributed by atoms with Crippen molar-refractivity contribution in [3.05, 3.63) is 35.4 Å². The molecule has 3 rings (SSSR count). The molecule has 1 aromatic carbocycles. The van der Waals surface area contributed by atoms with E-state index in [1.807, 2.05) is 23.1 Å². The molecule has 1 amide bonds. The maximum Gasteiger partial charge on any atom is 0.248 e. The van der Waals surface area contributed by atoms with Crippen molar-refractivity contribution < 1.29 is 23.4 Å². The van der Waals surface area contributed by atoms with Crippen LogP contribution < -0.4 is 5.32 Å². The fourth-order valence-electron chi connectivity index (χ4n) is 4.46. The number of nitrogens with one attached hydrogen (secondary N) is 1. The summed E-state index contributed by atoms with van der Waals surface area (Å²) >= 11 is 0. The number of aliphatic hydroxyl groups is 1. The van der Waals surface area contributed by atoms with E-state index in [2.05, 4.69) is 11.4 Å². The minimum absolute atomic E-state index is 0.0455. The number of rotatable bonds is 7. The number of carbonyl (C=O) groups is 1. The Bertz CT molecular complexity index is 661. The van der Waals surface area contributed by atoms with E-state index < -0.39 is 12.0 Å². The molecule has 2 atom stereocenters. The summed E-state index contributed by atoms with van der Waals surface area (Å²) in [6, 6.07) is 7.89. The number of aliphatic hydroxyl groups excluding tert-OH is 1. The zero-order valence-corrected chi connectivity index (χ0v) is 16.4. The first-order chi connectivity index (χ1) is 13.4. The van der Waals surface area contributed by atoms with E-state index in [0.29, 0.717) is 19.4 Å². The van der Waals surface area contributed by atoms with Crippen molar-refractivity contribution in [2.24, 2.45) is 5.92 Å². The third kappa shape index (κ3) is 5.07. The van der Waals surface area contributed by atoms with Crippen LogP contribution in [0.15, 0.2) is 24.3 Å². The van der Waals surface area contributed by atoms with Crippen LogP contribution in [0.5, 0.6) is 0 Å². The molecule has 1 heterocycles. The lowest BCUT2D eigenvalue weighted by Crippen LogP contribution is -2.48. The van der Waals surface area contributed by atoms with Gasteiger partial charge in [-0.15, -0.1) is 0 Å². The van der Waals surface area contributed by atoms with Crippen molar-refractivity contribution in [2.75, 3.05) is 33.4 Å². The topological polar surface area (TPSA) is 61.8 Å². The van der Waals surface area contributed by atoms with Crippen LogP contribution in [0, 0.1) is 5.92 Å². The van der Waals surface area contributed by atoms with Gasteiger partial charge in [-0.2, -0.15) is 0 Å². The van der Waals surface area contributed by atoms with Gasteiger partial charge in [0.1, 0.15) is 0 Å². The molecule has 1 aliphatic carbocycles. The summed E-state index contributed by atoms with van der Waals surface area (Å²) in [4.78, 5) is 14.8. The van der Waals surface area contributed by atoms with Gasteiger partial charge in [0.15, 0.2) is 0 Å². The first-order valence-corrected chi connectivity index (χ1v) is 10.0. The molecular weight excluding hydrogens is 366 g/mol. The largest absolute Gasteiger partial charge is 0.389 e. The Morgan fingerprint density at radius 1 is 1.36 bits per heavy atom. The van der Waals surface area contributed by atoms with Crippen LogP contribution in [-0.2, 0) is 16.0 Å². The number of carbonyl (C=O) groups excluding carboxylic acids is 1. The number of amides is 1. The molecule has 7 heteroatoms. The number of fused-ring (bicyclic) bond motifs is 1. The number of nitrogens with zero attached hydrogens (tertiary/aromatic N) is 1. The van der Waals surface area contributed by atoms with Gasteiger partial charge in [-0.05, 0) is 36.3 Å². The van der Waals surface area contributed by atoms with Crippen LogP contribution >= 0.6 is 0 Å². The van der Waals surface area contributed by atoms with E-state index in [-0.39, 0.29) is 50.4 Å². The molecule has 1 aliphatic heterocycles. The van der Waals surface area contributed by atoms with Gasteiger partial charge in [0.2, 0.25) is 11.8 Å². The molecule has 28 heavy (non-hydrogen) atoms. The fraction of sp³-hybridized carbons (Fsp3) is 0.667. The summed E-state index contributed by atoms with van der Waals surface area (Å²) in [5.41, 5.74) is 2.30. The van der Waals surface area contributed by atoms with Crippen molar-refractivity contribution in [1.29, 1.82) is 0 Å². The lowest BCUT2D eigenvalue weighted by molar-refractivity contribution is -0.136. The summed E-state index contributed by atoms with van der Waals surface area (Å²) in [5, 5.41) is 12.7. The number of benzene rings is 1. The van der Waals surface area contributed by atoms with Gasteiger partial charge < -0.3 is 20.1 Å². The smallest absolute Gasteiger partial charge is 0.248 e. The zero-order valence-electron chi connectivity index (χ0n) is 16.4. The first kappa shape index (κ1) is 21.1. The van der Waals surface area contributed by atoms with Crippen molar-refractivity contribution in [2.45, 2.75) is 50.2 Å². The van der Waals surface area contributed by atoms with Crippen molar-refractivity contribution >= 4 is 5.91 Å². The highest BCUT2D eigenvalue weighted by atomic mass is 19.3. The van der Waals surface area contributed by atoms with Gasteiger partial charge in [-0.3, -0.25) is 4.79 Å². The molecule has 1 unspecified atom stereocenters. The number of methoxy groups -OCH3 is 1. The molecule has 1 aromatic rings. The molecule has 1 fully saturated rings. The molecule has 0 saturated heterocycles. The van der Waals surface area contributed by atoms with Crippen molar-refractivity contribution in [1.82, 2.24) is 10.2 Å². The summed E-state index contributed by atoms with van der Waals surface area (Å²) in [5.74, 6) is -2.59. The van der Waals surface area contributed by atoms with E-state index in [1.54, 1.807) is 0 Å². The molecule has 0 aromatic heterocycles. The van der Waals surface area contributed by atoms with Gasteiger partial charge in [-0.1, -0.05) is 24.3 Å². The van der Waals surface area contributed by atoms with Crippen LogP contribution in [0.3, 0.4) is 0 Å². The average molecular weight is 396 g/mol. The second-order valence-corrected chi connectivity index (χ2v) is 7.91. The summed E-state index contributed by atoms with van der Waals surface area (Å²) in [6.45, 7) is 1.18. The monoisotopic (exact) mass is 396 g/mol. The molecule has 5 nitrogen and oxygen atoms in total. The van der Waals surface area contributed by atoms with Crippen LogP contribution in [0.1, 0.15) is 42.9 Å². The lowest BCUT2D eigenvalue weighted by atomic mass is 9.76. The summed E-state index contributed by atoms with van der Waals surface area (Å²) < 4.78 is 32.2. The summed E-state index contributed by atoms with van der Waals surface area (Å²) in [7, 11) is 1.51. The number of alkyl halides is 2. The Balaban J connectivity index is 1.71. The second-order valence-electron chi connectivity index (χ2n) is 7.91. The lowest BCUT2D eigenvalue weighted by Gasteiger charge is -2.44. The maximum absolute atomic E-state index is 13.7. The normalized spacial score (nSPS) is 23.3. The SMILES string of the molecule is COC[C@@H](O)CNCC(=O)N1CCc2ccccc2C1C1CCC(F)(F)CC1. The molecule has 2 aliphatic rings. The zero-order chi connectivity index (χ0) is 20.1. The molecule has 2 N–H and O–H groups in total. The molecular formula is C21H30F2N2O3. The molecule has 0 radical (unpaired) electrons. The van der Waals surface area contributed by atoms with E-state index in [9.17, 15) is 18.7 Å². The first-order valence-electron chi connectivity index (χ1n) is 10.0. The quantitative estimate of drug-likeness (QED) is 0.744. The fourth-order valence-corrected chi connectivity index (χ4v) is 4.46. The van der Waals surface area contributed by atoms with Crippen LogP contribution in [-0.4, -0.2) is 61.3 Å². The Hall–Kier alpha value is -1.57. The van der Waals surface area contributed by atoms with Gasteiger partial charge >= 0.3 is 0 Å². The highest BCUT2D eigenvalue weighted by Crippen LogP contribution is 2.45. The van der Waals surface area contributed by atoms with Gasteiger partial charge in [0.25, 0.3) is 0 Å². The van der Waals surface area contributed by atoms with Gasteiger partial charge in [0.05, 0.1) is 25.3 Å². The van der Waals surface area contributed by atoms with E-state index >= 15 is 0 Å². The number of ether oxygens (including phenoxy) is 1. The molecule has 0 spiro atoms. The van der Waals surface area contributed by atoms with Crippen LogP contribution in [0.25, 0.3) is 0 Å². The highest BCUT2D eigenvalue weighted by molar-refractivity contribution is 5.79. The predicted molar refractivity (Wildman–Crippen MR) is 102 cm³/mol. The third-order valence-electron chi connectivity index (χ3n) is 5.88. The van der Waals surface area contributed by atoms with Crippen LogP contribution in [0.4, 0.5) is 8.78 Å². The minimum Gasteiger partial charge on any atom is -0.389 e. The standard InChI is InChI=1S/C21H30F2N2O3/c1-28-14-17(26)12-24-13-19(27)25-11-8-15-4-2-3-5-18(15)20(25)16-6-9-21(22,23)10-7-16/h2-5,16-17,20,24,26H,6-14H2,1H3/t17-,20?/m0/s1. The molecule has 1 saturated carbocycles. The van der Waals surface area contributed by atoms with E-state index in [1.165, 1.54) is 12.7 Å². The second kappa shape index (κ2) is 9.29. The Morgan fingerprint density at radius 3 is 2.79 bits per heavy atom. The molecule has 0 bridgehead atoms. The van der Waals surface area contributed by atoms with E-state index in [0.717, 1.165) is 12.0 Å². The van der Waals surface area contributed by atoms with Crippen molar-refractivity contribution in [3.8, 4) is 0 Å². The van der Waals surface area contributed by atoms with Gasteiger partial charge in [-0.25, -0.2) is 8.78 Å². The van der Waals surface area contributed by atoms with Gasteiger partial charge in [0, 0.05) is 33.0 Å². The number of hydrogen-bond donors (Lipinski definition) is 2. The average Bonchev–Trinajstić information content (AvgIpc) is 2.67. The third-order valence-corrected chi connectivity index (χ3v) is 5.88. The minimum atomic E-state index is -2.58. The Labute approximate surface area is 165 Å². The highest BCUT2D eigenvalue weighted by Gasteiger charge is 2.42.